The molecule has 1 aliphatic carbocycles. The van der Waals surface area contributed by atoms with Crippen LogP contribution in [0.1, 0.15) is 37.7 Å². The second-order valence-corrected chi connectivity index (χ2v) is 6.33. The number of nitrogens with one attached hydrogen (secondary N) is 1. The first-order valence-corrected chi connectivity index (χ1v) is 7.86. The summed E-state index contributed by atoms with van der Waals surface area (Å²) in [5.74, 6) is -1.51. The Morgan fingerprint density at radius 3 is 2.83 bits per heavy atom. The highest BCUT2D eigenvalue weighted by Crippen LogP contribution is 2.34. The zero-order valence-electron chi connectivity index (χ0n) is 13.5. The molecule has 0 saturated heterocycles. The van der Waals surface area contributed by atoms with Crippen LogP contribution in [0.4, 0.5) is 9.18 Å². The molecule has 0 spiro atoms. The summed E-state index contributed by atoms with van der Waals surface area (Å²) in [6.45, 7) is 1.74. The monoisotopic (exact) mass is 322 g/mol. The number of nitrogens with zero attached hydrogens (tertiary/aromatic N) is 1. The number of hydrogen-bond acceptors (Lipinski definition) is 2. The van der Waals surface area contributed by atoms with E-state index in [1.165, 1.54) is 11.0 Å². The molecule has 3 unspecified atom stereocenters. The van der Waals surface area contributed by atoms with Crippen molar-refractivity contribution >= 4 is 12.0 Å². The number of carboxylic acids is 1. The Balaban J connectivity index is 1.85. The molecule has 1 saturated carbocycles. The molecule has 1 aliphatic rings. The number of urea groups is 1. The number of amides is 2. The Morgan fingerprint density at radius 2 is 2.17 bits per heavy atom. The van der Waals surface area contributed by atoms with Gasteiger partial charge in [0.15, 0.2) is 0 Å². The quantitative estimate of drug-likeness (QED) is 0.876. The molecule has 2 amide bonds. The lowest BCUT2D eigenvalue weighted by Crippen LogP contribution is -2.44. The summed E-state index contributed by atoms with van der Waals surface area (Å²) in [7, 11) is 1.59. The predicted octanol–water partition coefficient (Wildman–Crippen LogP) is 2.82. The average Bonchev–Trinajstić information content (AvgIpc) is 2.95. The molecular formula is C17H23FN2O3. The highest BCUT2D eigenvalue weighted by molar-refractivity contribution is 5.76. The molecular weight excluding hydrogens is 299 g/mol. The fraction of sp³-hybridized carbons (Fsp3) is 0.529. The minimum atomic E-state index is -0.920. The number of carbonyl (C=O) groups is 2. The van der Waals surface area contributed by atoms with Gasteiger partial charge in [-0.25, -0.2) is 9.18 Å². The van der Waals surface area contributed by atoms with Gasteiger partial charge in [-0.2, -0.15) is 0 Å². The van der Waals surface area contributed by atoms with Crippen molar-refractivity contribution in [1.29, 1.82) is 0 Å². The van der Waals surface area contributed by atoms with Crippen LogP contribution in [0.5, 0.6) is 0 Å². The lowest BCUT2D eigenvalue weighted by Gasteiger charge is -2.22. The molecule has 0 heterocycles. The molecule has 1 aromatic carbocycles. The maximum absolute atomic E-state index is 13.3. The van der Waals surface area contributed by atoms with E-state index in [9.17, 15) is 14.0 Å². The summed E-state index contributed by atoms with van der Waals surface area (Å²) in [6.07, 6.45) is 2.52. The van der Waals surface area contributed by atoms with Crippen LogP contribution in [0.2, 0.25) is 0 Å². The summed E-state index contributed by atoms with van der Waals surface area (Å²) in [6, 6.07) is 6.38. The minimum absolute atomic E-state index is 0.0401. The maximum Gasteiger partial charge on any atom is 0.317 e. The van der Waals surface area contributed by atoms with Gasteiger partial charge in [-0.1, -0.05) is 19.1 Å². The van der Waals surface area contributed by atoms with Gasteiger partial charge in [-0.05, 0) is 42.9 Å². The number of benzene rings is 1. The number of carbonyl (C=O) groups excluding carboxylic acids is 1. The van der Waals surface area contributed by atoms with Gasteiger partial charge in [0.05, 0.1) is 5.92 Å². The topological polar surface area (TPSA) is 69.6 Å². The van der Waals surface area contributed by atoms with E-state index in [1.54, 1.807) is 26.1 Å². The molecule has 23 heavy (non-hydrogen) atoms. The van der Waals surface area contributed by atoms with Gasteiger partial charge in [-0.15, -0.1) is 0 Å². The van der Waals surface area contributed by atoms with Gasteiger partial charge in [-0.3, -0.25) is 4.79 Å². The van der Waals surface area contributed by atoms with Gasteiger partial charge in [0.1, 0.15) is 5.82 Å². The molecule has 2 rings (SSSR count). The maximum atomic E-state index is 13.3. The number of carboxylic acid groups (broad SMARTS) is 1. The zero-order valence-corrected chi connectivity index (χ0v) is 13.5. The third-order valence-electron chi connectivity index (χ3n) is 4.40. The van der Waals surface area contributed by atoms with Crippen molar-refractivity contribution in [2.24, 2.45) is 5.92 Å². The van der Waals surface area contributed by atoms with Crippen LogP contribution in [0.15, 0.2) is 24.3 Å². The summed E-state index contributed by atoms with van der Waals surface area (Å²) in [5.41, 5.74) is 0.967. The normalized spacial score (nSPS) is 21.7. The van der Waals surface area contributed by atoms with E-state index in [0.717, 1.165) is 24.8 Å². The number of rotatable bonds is 5. The molecule has 2 N–H and O–H groups in total. The van der Waals surface area contributed by atoms with E-state index in [0.29, 0.717) is 0 Å². The van der Waals surface area contributed by atoms with Crippen molar-refractivity contribution in [3.05, 3.63) is 35.6 Å². The molecule has 0 aromatic heterocycles. The first-order chi connectivity index (χ1) is 10.9. The number of halogens is 1. The van der Waals surface area contributed by atoms with Crippen molar-refractivity contribution in [2.75, 3.05) is 13.6 Å². The molecule has 1 fully saturated rings. The van der Waals surface area contributed by atoms with Crippen LogP contribution in [-0.2, 0) is 4.79 Å². The Morgan fingerprint density at radius 1 is 1.43 bits per heavy atom. The van der Waals surface area contributed by atoms with E-state index in [2.05, 4.69) is 5.32 Å². The molecule has 0 aliphatic heterocycles. The third kappa shape index (κ3) is 4.68. The third-order valence-corrected chi connectivity index (χ3v) is 4.40. The summed E-state index contributed by atoms with van der Waals surface area (Å²) in [4.78, 5) is 24.4. The Labute approximate surface area is 135 Å². The van der Waals surface area contributed by atoms with Gasteiger partial charge in [0, 0.05) is 19.6 Å². The Bertz CT molecular complexity index is 579. The van der Waals surface area contributed by atoms with Crippen molar-refractivity contribution in [3.63, 3.8) is 0 Å². The highest BCUT2D eigenvalue weighted by atomic mass is 19.1. The molecule has 3 atom stereocenters. The minimum Gasteiger partial charge on any atom is -0.481 e. The smallest absolute Gasteiger partial charge is 0.317 e. The van der Waals surface area contributed by atoms with Crippen molar-refractivity contribution in [3.8, 4) is 0 Å². The first-order valence-electron chi connectivity index (χ1n) is 7.86. The first kappa shape index (κ1) is 17.2. The molecule has 6 heteroatoms. The van der Waals surface area contributed by atoms with Gasteiger partial charge < -0.3 is 15.3 Å². The molecule has 5 nitrogen and oxygen atoms in total. The number of hydrogen-bond donors (Lipinski definition) is 2. The van der Waals surface area contributed by atoms with Crippen molar-refractivity contribution < 1.29 is 19.1 Å². The van der Waals surface area contributed by atoms with Gasteiger partial charge in [0.2, 0.25) is 0 Å². The number of aliphatic carboxylic acids is 1. The summed E-state index contributed by atoms with van der Waals surface area (Å²) >= 11 is 0. The zero-order chi connectivity index (χ0) is 17.0. The lowest BCUT2D eigenvalue weighted by atomic mass is 9.97. The second kappa shape index (κ2) is 7.44. The van der Waals surface area contributed by atoms with Crippen LogP contribution in [0.3, 0.4) is 0 Å². The molecule has 1 aromatic rings. The summed E-state index contributed by atoms with van der Waals surface area (Å²) in [5, 5.41) is 11.8. The fourth-order valence-corrected chi connectivity index (χ4v) is 3.03. The Kier molecular flexibility index (Phi) is 5.58. The standard InChI is InChI=1S/C17H23FN2O3/c1-11(16(21)22)10-20(2)17(23)19-15-7-6-13(9-15)12-4-3-5-14(18)8-12/h3-5,8,11,13,15H,6-7,9-10H2,1-2H3,(H,19,23)(H,21,22). The molecule has 0 bridgehead atoms. The van der Waals surface area contributed by atoms with Crippen LogP contribution >= 0.6 is 0 Å². The van der Waals surface area contributed by atoms with E-state index in [4.69, 9.17) is 5.11 Å². The van der Waals surface area contributed by atoms with E-state index in [-0.39, 0.29) is 30.4 Å². The average molecular weight is 322 g/mol. The molecule has 0 radical (unpaired) electrons. The van der Waals surface area contributed by atoms with Gasteiger partial charge >= 0.3 is 12.0 Å². The van der Waals surface area contributed by atoms with E-state index < -0.39 is 11.9 Å². The van der Waals surface area contributed by atoms with Crippen LogP contribution < -0.4 is 5.32 Å². The highest BCUT2D eigenvalue weighted by Gasteiger charge is 2.28. The van der Waals surface area contributed by atoms with Crippen LogP contribution in [0.25, 0.3) is 0 Å². The summed E-state index contributed by atoms with van der Waals surface area (Å²) < 4.78 is 13.3. The fourth-order valence-electron chi connectivity index (χ4n) is 3.03. The van der Waals surface area contributed by atoms with Crippen LogP contribution in [-0.4, -0.2) is 41.6 Å². The lowest BCUT2D eigenvalue weighted by molar-refractivity contribution is -0.141. The van der Waals surface area contributed by atoms with Crippen LogP contribution in [0, 0.1) is 11.7 Å². The van der Waals surface area contributed by atoms with E-state index >= 15 is 0 Å². The largest absolute Gasteiger partial charge is 0.481 e. The molecule has 126 valence electrons. The SMILES string of the molecule is CC(CN(C)C(=O)NC1CCC(c2cccc(F)c2)C1)C(=O)O. The van der Waals surface area contributed by atoms with Crippen molar-refractivity contribution in [2.45, 2.75) is 38.1 Å². The Hall–Kier alpha value is -2.11. The van der Waals surface area contributed by atoms with Gasteiger partial charge in [0.25, 0.3) is 0 Å². The van der Waals surface area contributed by atoms with E-state index in [1.807, 2.05) is 6.07 Å². The second-order valence-electron chi connectivity index (χ2n) is 6.33. The van der Waals surface area contributed by atoms with Crippen molar-refractivity contribution in [1.82, 2.24) is 10.2 Å². The predicted molar refractivity (Wildman–Crippen MR) is 84.7 cm³/mol.